The van der Waals surface area contributed by atoms with E-state index in [0.717, 1.165) is 68.6 Å². The van der Waals surface area contributed by atoms with Crippen LogP contribution in [0.15, 0.2) is 54.5 Å². The van der Waals surface area contributed by atoms with Gasteiger partial charge in [-0.2, -0.15) is 5.26 Å². The number of piperidine rings is 1. The van der Waals surface area contributed by atoms with Gasteiger partial charge in [-0.25, -0.2) is 4.90 Å². The van der Waals surface area contributed by atoms with Crippen LogP contribution in [0.1, 0.15) is 38.5 Å². The van der Waals surface area contributed by atoms with Crippen molar-refractivity contribution in [3.63, 3.8) is 0 Å². The van der Waals surface area contributed by atoms with Crippen molar-refractivity contribution in [1.29, 1.82) is 5.26 Å². The van der Waals surface area contributed by atoms with Crippen molar-refractivity contribution < 1.29 is 10.2 Å². The molecule has 2 unspecified atom stereocenters. The third-order valence-corrected chi connectivity index (χ3v) is 9.78. The summed E-state index contributed by atoms with van der Waals surface area (Å²) in [6, 6.07) is 12.8. The smallest absolute Gasteiger partial charge is 0.188 e. The average molecular weight is 591 g/mol. The Hall–Kier alpha value is -2.97. The maximum absolute atomic E-state index is 11.1. The number of aliphatic hydroxyl groups is 2. The highest BCUT2D eigenvalue weighted by molar-refractivity contribution is 7.19. The van der Waals surface area contributed by atoms with E-state index in [1.54, 1.807) is 16.2 Å². The Labute approximate surface area is 249 Å². The number of benzene rings is 1. The van der Waals surface area contributed by atoms with Gasteiger partial charge >= 0.3 is 0 Å². The van der Waals surface area contributed by atoms with Crippen molar-refractivity contribution in [3.05, 3.63) is 64.4 Å². The van der Waals surface area contributed by atoms with E-state index in [2.05, 4.69) is 33.2 Å². The van der Waals surface area contributed by atoms with Crippen LogP contribution in [0, 0.1) is 16.7 Å². The molecule has 4 aromatic rings. The number of fused-ring (bicyclic) bond motifs is 2. The first-order valence-corrected chi connectivity index (χ1v) is 15.2. The number of thiophene rings is 1. The number of pyridine rings is 1. The van der Waals surface area contributed by atoms with Gasteiger partial charge in [0.2, 0.25) is 0 Å². The van der Waals surface area contributed by atoms with E-state index >= 15 is 0 Å². The molecule has 6 rings (SSSR count). The third-order valence-electron chi connectivity index (χ3n) is 8.42. The van der Waals surface area contributed by atoms with Crippen LogP contribution in [-0.4, -0.2) is 61.3 Å². The molecule has 2 aliphatic rings. The van der Waals surface area contributed by atoms with Gasteiger partial charge in [-0.1, -0.05) is 11.6 Å². The molecule has 2 atom stereocenters. The second-order valence-corrected chi connectivity index (χ2v) is 13.1. The summed E-state index contributed by atoms with van der Waals surface area (Å²) in [5.41, 5.74) is 4.31. The summed E-state index contributed by atoms with van der Waals surface area (Å²) in [7, 11) is 0. The van der Waals surface area contributed by atoms with Gasteiger partial charge in [0, 0.05) is 64.1 Å². The van der Waals surface area contributed by atoms with Crippen molar-refractivity contribution in [2.45, 2.75) is 65.3 Å². The molecule has 0 saturated carbocycles. The zero-order valence-electron chi connectivity index (χ0n) is 23.5. The van der Waals surface area contributed by atoms with Gasteiger partial charge in [0.1, 0.15) is 6.23 Å². The number of hydrogen-bond acceptors (Lipinski definition) is 8. The quantitative estimate of drug-likeness (QED) is 0.273. The van der Waals surface area contributed by atoms with Gasteiger partial charge in [0.15, 0.2) is 6.35 Å². The van der Waals surface area contributed by atoms with E-state index in [-0.39, 0.29) is 6.04 Å². The van der Waals surface area contributed by atoms with Crippen molar-refractivity contribution in [1.82, 2.24) is 24.7 Å². The molecule has 2 aliphatic heterocycles. The molecule has 8 nitrogen and oxygen atoms in total. The summed E-state index contributed by atoms with van der Waals surface area (Å²) in [6.07, 6.45) is 5.53. The van der Waals surface area contributed by atoms with E-state index in [1.807, 2.05) is 62.3 Å². The second-order valence-electron chi connectivity index (χ2n) is 11.6. The van der Waals surface area contributed by atoms with Crippen LogP contribution in [0.2, 0.25) is 5.02 Å². The predicted octanol–water partition coefficient (Wildman–Crippen LogP) is 5.49. The molecule has 1 fully saturated rings. The second kappa shape index (κ2) is 11.0. The molecular weight excluding hydrogens is 556 g/mol. The van der Waals surface area contributed by atoms with Crippen LogP contribution in [0.5, 0.6) is 0 Å². The Morgan fingerprint density at radius 2 is 1.98 bits per heavy atom. The van der Waals surface area contributed by atoms with Crippen molar-refractivity contribution in [2.75, 3.05) is 13.1 Å². The van der Waals surface area contributed by atoms with Gasteiger partial charge in [0.05, 0.1) is 27.2 Å². The maximum atomic E-state index is 11.1. The van der Waals surface area contributed by atoms with Crippen LogP contribution < -0.4 is 5.32 Å². The van der Waals surface area contributed by atoms with E-state index in [4.69, 9.17) is 11.6 Å². The molecule has 0 bridgehead atoms. The standard InChI is InChI=1S/C31H35ClN6O2S/c1-19(2)37-15-20(3)29(39)38(30(37)40)16-23-14-26-28(41-23)24(4-8-35-26)25-13-22(32)12-21-5-11-36(27(21)25)18-31(17-33)6-9-34-10-7-31/h4-5,8,11-15,19,29-30,34,39-40H,6-7,9-10,16,18H2,1-3H3. The number of rotatable bonds is 6. The van der Waals surface area contributed by atoms with Gasteiger partial charge in [-0.3, -0.25) is 4.98 Å². The molecule has 5 heterocycles. The summed E-state index contributed by atoms with van der Waals surface area (Å²) in [5.74, 6) is 0. The maximum Gasteiger partial charge on any atom is 0.188 e. The largest absolute Gasteiger partial charge is 0.374 e. The lowest BCUT2D eigenvalue weighted by Crippen LogP contribution is -2.56. The molecule has 3 aromatic heterocycles. The lowest BCUT2D eigenvalue weighted by Gasteiger charge is -2.44. The third kappa shape index (κ3) is 5.14. The highest BCUT2D eigenvalue weighted by atomic mass is 35.5. The number of nitriles is 1. The molecule has 0 radical (unpaired) electrons. The molecule has 0 amide bonds. The Bertz CT molecular complexity index is 1660. The number of hydrogen-bond donors (Lipinski definition) is 3. The SMILES string of the molecule is CC1=CN(C(C)C)C(O)N(Cc2cc3nccc(-c4cc(Cl)cc5ccn(CC6(C#N)CCNCC6)c45)c3s2)C1O. The number of halogens is 1. The molecule has 10 heteroatoms. The summed E-state index contributed by atoms with van der Waals surface area (Å²) in [6.45, 7) is 8.60. The summed E-state index contributed by atoms with van der Waals surface area (Å²) < 4.78 is 3.23. The molecule has 1 saturated heterocycles. The summed E-state index contributed by atoms with van der Waals surface area (Å²) >= 11 is 8.26. The average Bonchev–Trinajstić information content (AvgIpc) is 3.56. The fourth-order valence-electron chi connectivity index (χ4n) is 6.16. The van der Waals surface area contributed by atoms with Crippen molar-refractivity contribution in [3.8, 4) is 17.2 Å². The molecule has 3 N–H and O–H groups in total. The molecule has 0 spiro atoms. The Kier molecular flexibility index (Phi) is 7.57. The van der Waals surface area contributed by atoms with Crippen molar-refractivity contribution in [2.24, 2.45) is 5.41 Å². The Balaban J connectivity index is 1.41. The highest BCUT2D eigenvalue weighted by Gasteiger charge is 2.35. The molecule has 41 heavy (non-hydrogen) atoms. The summed E-state index contributed by atoms with van der Waals surface area (Å²) in [4.78, 5) is 9.20. The van der Waals surface area contributed by atoms with Gasteiger partial charge in [0.25, 0.3) is 0 Å². The van der Waals surface area contributed by atoms with Gasteiger partial charge < -0.3 is 25.0 Å². The van der Waals surface area contributed by atoms with E-state index in [0.29, 0.717) is 18.1 Å². The fraction of sp³-hybridized carbons (Fsp3) is 0.419. The Morgan fingerprint density at radius 3 is 2.71 bits per heavy atom. The molecular formula is C31H35ClN6O2S. The normalized spacial score (nSPS) is 21.5. The molecule has 1 aromatic carbocycles. The minimum atomic E-state index is -0.940. The lowest BCUT2D eigenvalue weighted by atomic mass is 9.80. The van der Waals surface area contributed by atoms with Crippen molar-refractivity contribution >= 4 is 44.1 Å². The predicted molar refractivity (Wildman–Crippen MR) is 164 cm³/mol. The lowest BCUT2D eigenvalue weighted by molar-refractivity contribution is -0.171. The zero-order chi connectivity index (χ0) is 28.9. The number of nitrogens with zero attached hydrogens (tertiary/aromatic N) is 5. The zero-order valence-corrected chi connectivity index (χ0v) is 25.1. The number of aromatic nitrogens is 2. The first-order valence-electron chi connectivity index (χ1n) is 14.1. The van der Waals surface area contributed by atoms with Crippen LogP contribution in [0.3, 0.4) is 0 Å². The van der Waals surface area contributed by atoms with E-state index in [1.165, 1.54) is 0 Å². The topological polar surface area (TPSA) is 101 Å². The van der Waals surface area contributed by atoms with Crippen LogP contribution in [-0.2, 0) is 13.1 Å². The fourth-order valence-corrected chi connectivity index (χ4v) is 7.53. The Morgan fingerprint density at radius 1 is 1.20 bits per heavy atom. The van der Waals surface area contributed by atoms with E-state index < -0.39 is 18.0 Å². The van der Waals surface area contributed by atoms with Gasteiger partial charge in [-0.05, 0) is 82.6 Å². The first kappa shape index (κ1) is 28.2. The minimum Gasteiger partial charge on any atom is -0.374 e. The highest BCUT2D eigenvalue weighted by Crippen LogP contribution is 2.41. The summed E-state index contributed by atoms with van der Waals surface area (Å²) in [5, 5.41) is 37.2. The van der Waals surface area contributed by atoms with Crippen LogP contribution >= 0.6 is 22.9 Å². The first-order chi connectivity index (χ1) is 19.7. The minimum absolute atomic E-state index is 0.0807. The van der Waals surface area contributed by atoms with Gasteiger partial charge in [-0.15, -0.1) is 11.3 Å². The van der Waals surface area contributed by atoms with Crippen LogP contribution in [0.4, 0.5) is 0 Å². The molecule has 0 aliphatic carbocycles. The number of nitrogens with one attached hydrogen (secondary N) is 1. The van der Waals surface area contributed by atoms with E-state index in [9.17, 15) is 15.5 Å². The monoisotopic (exact) mass is 590 g/mol. The molecule has 214 valence electrons. The number of aliphatic hydroxyl groups excluding tert-OH is 2. The van der Waals surface area contributed by atoms with Crippen LogP contribution in [0.25, 0.3) is 32.2 Å².